The van der Waals surface area contributed by atoms with Crippen LogP contribution in [0.15, 0.2) is 41.4 Å². The van der Waals surface area contributed by atoms with Crippen molar-refractivity contribution in [3.8, 4) is 0 Å². The molecule has 0 saturated carbocycles. The maximum Gasteiger partial charge on any atom is 0.240 e. The molecule has 1 aromatic heterocycles. The summed E-state index contributed by atoms with van der Waals surface area (Å²) in [6.45, 7) is 0.0185. The second-order valence-electron chi connectivity index (χ2n) is 4.82. The summed E-state index contributed by atoms with van der Waals surface area (Å²) < 4.78 is 52.5. The largest absolute Gasteiger partial charge is 0.363 e. The van der Waals surface area contributed by atoms with E-state index in [2.05, 4.69) is 9.71 Å². The fraction of sp³-hybridized carbons (Fsp3) is 0.214. The van der Waals surface area contributed by atoms with Crippen molar-refractivity contribution in [3.63, 3.8) is 0 Å². The van der Waals surface area contributed by atoms with E-state index in [1.165, 1.54) is 0 Å². The van der Waals surface area contributed by atoms with E-state index in [9.17, 15) is 17.2 Å². The van der Waals surface area contributed by atoms with Crippen LogP contribution in [0.3, 0.4) is 0 Å². The van der Waals surface area contributed by atoms with Crippen molar-refractivity contribution >= 4 is 15.8 Å². The number of hydrogen-bond acceptors (Lipinski definition) is 4. The minimum Gasteiger partial charge on any atom is -0.363 e. The first kappa shape index (κ1) is 16.3. The molecule has 0 unspecified atom stereocenters. The molecular formula is C14H15F2N3O2S. The van der Waals surface area contributed by atoms with Crippen LogP contribution in [0.1, 0.15) is 5.56 Å². The summed E-state index contributed by atoms with van der Waals surface area (Å²) in [6, 6.07) is 5.84. The molecular weight excluding hydrogens is 312 g/mol. The predicted octanol–water partition coefficient (Wildman–Crippen LogP) is 1.90. The van der Waals surface area contributed by atoms with Gasteiger partial charge in [0.15, 0.2) is 11.6 Å². The van der Waals surface area contributed by atoms with Crippen molar-refractivity contribution in [1.29, 1.82) is 0 Å². The second-order valence-corrected chi connectivity index (χ2v) is 6.58. The topological polar surface area (TPSA) is 62.3 Å². The van der Waals surface area contributed by atoms with E-state index >= 15 is 0 Å². The van der Waals surface area contributed by atoms with Gasteiger partial charge in [-0.3, -0.25) is 0 Å². The van der Waals surface area contributed by atoms with Gasteiger partial charge in [0.1, 0.15) is 5.82 Å². The van der Waals surface area contributed by atoms with Crippen LogP contribution in [0.25, 0.3) is 0 Å². The summed E-state index contributed by atoms with van der Waals surface area (Å²) in [5.41, 5.74) is 0.699. The summed E-state index contributed by atoms with van der Waals surface area (Å²) in [5, 5.41) is 0. The summed E-state index contributed by atoms with van der Waals surface area (Å²) in [7, 11) is -0.287. The Balaban J connectivity index is 2.16. The monoisotopic (exact) mass is 327 g/mol. The van der Waals surface area contributed by atoms with Gasteiger partial charge in [-0.1, -0.05) is 0 Å². The number of rotatable bonds is 5. The minimum absolute atomic E-state index is 0.0185. The van der Waals surface area contributed by atoms with Crippen molar-refractivity contribution < 1.29 is 17.2 Å². The molecule has 0 amide bonds. The number of nitrogens with zero attached hydrogens (tertiary/aromatic N) is 2. The van der Waals surface area contributed by atoms with Crippen LogP contribution in [-0.2, 0) is 16.6 Å². The minimum atomic E-state index is -3.92. The lowest BCUT2D eigenvalue weighted by atomic mass is 10.2. The average Bonchev–Trinajstić information content (AvgIpc) is 2.48. The molecule has 0 aliphatic heterocycles. The van der Waals surface area contributed by atoms with E-state index in [4.69, 9.17) is 0 Å². The molecule has 0 fully saturated rings. The van der Waals surface area contributed by atoms with Crippen molar-refractivity contribution in [2.24, 2.45) is 0 Å². The molecule has 0 atom stereocenters. The number of hydrogen-bond donors (Lipinski definition) is 1. The van der Waals surface area contributed by atoms with E-state index in [0.29, 0.717) is 17.4 Å². The number of halogens is 2. The molecule has 0 aliphatic carbocycles. The van der Waals surface area contributed by atoms with E-state index in [0.717, 1.165) is 12.1 Å². The molecule has 2 rings (SSSR count). The lowest BCUT2D eigenvalue weighted by molar-refractivity contribution is 0.504. The van der Waals surface area contributed by atoms with E-state index in [1.54, 1.807) is 23.2 Å². The van der Waals surface area contributed by atoms with E-state index < -0.39 is 21.7 Å². The summed E-state index contributed by atoms with van der Waals surface area (Å²) >= 11 is 0. The number of nitrogens with one attached hydrogen (secondary N) is 1. The molecule has 0 saturated heterocycles. The number of benzene rings is 1. The molecule has 22 heavy (non-hydrogen) atoms. The Morgan fingerprint density at radius 1 is 1.14 bits per heavy atom. The normalized spacial score (nSPS) is 11.5. The molecule has 1 N–H and O–H groups in total. The first-order chi connectivity index (χ1) is 10.3. The van der Waals surface area contributed by atoms with Crippen molar-refractivity contribution in [2.45, 2.75) is 11.4 Å². The SMILES string of the molecule is CN(C)c1cc(CNS(=O)(=O)c2ccc(F)c(F)c2)ccn1. The smallest absolute Gasteiger partial charge is 0.240 e. The molecule has 2 aromatic rings. The van der Waals surface area contributed by atoms with Gasteiger partial charge in [0.2, 0.25) is 10.0 Å². The van der Waals surface area contributed by atoms with Crippen LogP contribution in [0.5, 0.6) is 0 Å². The van der Waals surface area contributed by atoms with Gasteiger partial charge in [0.05, 0.1) is 4.90 Å². The quantitative estimate of drug-likeness (QED) is 0.911. The second kappa shape index (κ2) is 6.37. The Labute approximate surface area is 127 Å². The summed E-state index contributed by atoms with van der Waals surface area (Å²) in [6.07, 6.45) is 1.57. The van der Waals surface area contributed by atoms with Gasteiger partial charge in [0.25, 0.3) is 0 Å². The van der Waals surface area contributed by atoms with Gasteiger partial charge >= 0.3 is 0 Å². The molecule has 5 nitrogen and oxygen atoms in total. The molecule has 1 aromatic carbocycles. The molecule has 0 radical (unpaired) electrons. The Morgan fingerprint density at radius 2 is 1.86 bits per heavy atom. The third-order valence-electron chi connectivity index (χ3n) is 2.94. The van der Waals surface area contributed by atoms with Gasteiger partial charge in [-0.2, -0.15) is 0 Å². The Bertz CT molecular complexity index is 779. The van der Waals surface area contributed by atoms with Gasteiger partial charge in [-0.25, -0.2) is 26.9 Å². The average molecular weight is 327 g/mol. The molecule has 118 valence electrons. The number of aromatic nitrogens is 1. The highest BCUT2D eigenvalue weighted by Crippen LogP contribution is 2.15. The van der Waals surface area contributed by atoms with Crippen molar-refractivity contribution in [3.05, 3.63) is 53.7 Å². The fourth-order valence-corrected chi connectivity index (χ4v) is 2.75. The highest BCUT2D eigenvalue weighted by Gasteiger charge is 2.16. The number of pyridine rings is 1. The zero-order valence-corrected chi connectivity index (χ0v) is 12.9. The van der Waals surface area contributed by atoms with Gasteiger partial charge in [-0.15, -0.1) is 0 Å². The number of sulfonamides is 1. The lowest BCUT2D eigenvalue weighted by Gasteiger charge is -2.12. The van der Waals surface area contributed by atoms with Crippen LogP contribution in [-0.4, -0.2) is 27.5 Å². The van der Waals surface area contributed by atoms with Crippen LogP contribution >= 0.6 is 0 Å². The molecule has 8 heteroatoms. The summed E-state index contributed by atoms with van der Waals surface area (Å²) in [5.74, 6) is -1.62. The first-order valence-electron chi connectivity index (χ1n) is 6.36. The fourth-order valence-electron chi connectivity index (χ4n) is 1.72. The van der Waals surface area contributed by atoms with E-state index in [-0.39, 0.29) is 11.4 Å². The standard InChI is InChI=1S/C14H15F2N3O2S/c1-19(2)14-7-10(5-6-17-14)9-18-22(20,21)11-3-4-12(15)13(16)8-11/h3-8,18H,9H2,1-2H3. The van der Waals surface area contributed by atoms with Gasteiger partial charge < -0.3 is 4.90 Å². The Hall–Kier alpha value is -2.06. The maximum atomic E-state index is 13.1. The Kier molecular flexibility index (Phi) is 4.72. The zero-order valence-electron chi connectivity index (χ0n) is 12.0. The maximum absolute atomic E-state index is 13.1. The third kappa shape index (κ3) is 3.77. The predicted molar refractivity (Wildman–Crippen MR) is 78.9 cm³/mol. The summed E-state index contributed by atoms with van der Waals surface area (Å²) in [4.78, 5) is 5.58. The zero-order chi connectivity index (χ0) is 16.3. The molecule has 0 bridgehead atoms. The molecule has 1 heterocycles. The Morgan fingerprint density at radius 3 is 2.50 bits per heavy atom. The van der Waals surface area contributed by atoms with Crippen LogP contribution in [0.4, 0.5) is 14.6 Å². The molecule has 0 aliphatic rings. The molecule has 0 spiro atoms. The first-order valence-corrected chi connectivity index (χ1v) is 7.85. The van der Waals surface area contributed by atoms with Gasteiger partial charge in [-0.05, 0) is 35.9 Å². The van der Waals surface area contributed by atoms with E-state index in [1.807, 2.05) is 14.1 Å². The van der Waals surface area contributed by atoms with Crippen molar-refractivity contribution in [1.82, 2.24) is 9.71 Å². The highest BCUT2D eigenvalue weighted by atomic mass is 32.2. The van der Waals surface area contributed by atoms with Crippen LogP contribution < -0.4 is 9.62 Å². The lowest BCUT2D eigenvalue weighted by Crippen LogP contribution is -2.23. The van der Waals surface area contributed by atoms with Gasteiger partial charge in [0, 0.05) is 26.8 Å². The third-order valence-corrected chi connectivity index (χ3v) is 4.33. The van der Waals surface area contributed by atoms with Crippen LogP contribution in [0.2, 0.25) is 0 Å². The number of anilines is 1. The van der Waals surface area contributed by atoms with Crippen molar-refractivity contribution in [2.75, 3.05) is 19.0 Å². The van der Waals surface area contributed by atoms with Crippen LogP contribution in [0, 0.1) is 11.6 Å². The highest BCUT2D eigenvalue weighted by molar-refractivity contribution is 7.89.